The molecule has 1 aromatic heterocycles. The fourth-order valence-electron chi connectivity index (χ4n) is 2.47. The molecule has 1 aromatic carbocycles. The average Bonchev–Trinajstić information content (AvgIpc) is 2.63. The number of nitrogens with two attached hydrogens (primary N) is 1. The fraction of sp³-hybridized carbons (Fsp3) is 0.400. The van der Waals surface area contributed by atoms with Crippen molar-refractivity contribution in [1.82, 2.24) is 10.3 Å². The van der Waals surface area contributed by atoms with Crippen molar-refractivity contribution >= 4 is 43.4 Å². The minimum Gasteiger partial charge on any atom is -0.444 e. The molecule has 30 heavy (non-hydrogen) atoms. The molecule has 0 bridgehead atoms. The number of amides is 1. The summed E-state index contributed by atoms with van der Waals surface area (Å²) in [6, 6.07) is 9.01. The lowest BCUT2D eigenvalue weighted by Gasteiger charge is -2.19. The van der Waals surface area contributed by atoms with Gasteiger partial charge in [-0.05, 0) is 85.9 Å². The van der Waals surface area contributed by atoms with Gasteiger partial charge in [0.2, 0.25) is 9.84 Å². The number of anilines is 2. The van der Waals surface area contributed by atoms with Crippen molar-refractivity contribution in [2.75, 3.05) is 24.1 Å². The van der Waals surface area contributed by atoms with Crippen molar-refractivity contribution in [2.24, 2.45) is 0 Å². The molecule has 0 fully saturated rings. The maximum Gasteiger partial charge on any atom is 0.407 e. The number of benzene rings is 1. The second-order valence-electron chi connectivity index (χ2n) is 7.65. The van der Waals surface area contributed by atoms with Gasteiger partial charge in [0.15, 0.2) is 0 Å². The van der Waals surface area contributed by atoms with Crippen LogP contribution in [-0.4, -0.2) is 38.2 Å². The highest BCUT2D eigenvalue weighted by Gasteiger charge is 2.19. The SMILES string of the molecule is CC(C)(C)OC(=O)NCCCCNc1cc(S(=O)(=O)c2ccc(N)cc2)cc(Br)n1. The van der Waals surface area contributed by atoms with E-state index in [1.165, 1.54) is 24.3 Å². The molecule has 0 unspecified atom stereocenters. The smallest absolute Gasteiger partial charge is 0.407 e. The first-order chi connectivity index (χ1) is 14.0. The molecule has 1 heterocycles. The number of ether oxygens (including phenoxy) is 1. The Morgan fingerprint density at radius 2 is 1.73 bits per heavy atom. The topological polar surface area (TPSA) is 123 Å². The number of pyridine rings is 1. The summed E-state index contributed by atoms with van der Waals surface area (Å²) in [6.07, 6.45) is 1.04. The van der Waals surface area contributed by atoms with E-state index in [0.29, 0.717) is 29.2 Å². The number of carbonyl (C=O) groups is 1. The molecule has 8 nitrogen and oxygen atoms in total. The van der Waals surface area contributed by atoms with Crippen molar-refractivity contribution in [2.45, 2.75) is 49.0 Å². The Labute approximate surface area is 185 Å². The molecule has 0 aliphatic carbocycles. The molecule has 0 atom stereocenters. The highest BCUT2D eigenvalue weighted by atomic mass is 79.9. The first-order valence-electron chi connectivity index (χ1n) is 9.46. The van der Waals surface area contributed by atoms with Gasteiger partial charge in [-0.15, -0.1) is 0 Å². The average molecular weight is 499 g/mol. The van der Waals surface area contributed by atoms with Gasteiger partial charge < -0.3 is 21.1 Å². The van der Waals surface area contributed by atoms with Crippen molar-refractivity contribution < 1.29 is 17.9 Å². The number of hydrogen-bond acceptors (Lipinski definition) is 7. The van der Waals surface area contributed by atoms with E-state index in [4.69, 9.17) is 10.5 Å². The highest BCUT2D eigenvalue weighted by Crippen LogP contribution is 2.26. The molecular weight excluding hydrogens is 472 g/mol. The number of alkyl carbamates (subject to hydrolysis) is 1. The molecule has 0 aliphatic heterocycles. The first kappa shape index (κ1) is 23.9. The highest BCUT2D eigenvalue weighted by molar-refractivity contribution is 9.10. The number of unbranched alkanes of at least 4 members (excludes halogenated alkanes) is 1. The standard InChI is InChI=1S/C20H27BrN4O4S/c1-20(2,3)29-19(26)24-11-5-4-10-23-18-13-16(12-17(21)25-18)30(27,28)15-8-6-14(22)7-9-15/h6-9,12-13H,4-5,10-11,22H2,1-3H3,(H,23,25)(H,24,26). The largest absolute Gasteiger partial charge is 0.444 e. The monoisotopic (exact) mass is 498 g/mol. The number of halogens is 1. The van der Waals surface area contributed by atoms with E-state index >= 15 is 0 Å². The molecule has 4 N–H and O–H groups in total. The maximum atomic E-state index is 12.9. The Kier molecular flexibility index (Phi) is 8.08. The minimum absolute atomic E-state index is 0.128. The van der Waals surface area contributed by atoms with Crippen LogP contribution >= 0.6 is 15.9 Å². The van der Waals surface area contributed by atoms with Crippen LogP contribution in [0.5, 0.6) is 0 Å². The van der Waals surface area contributed by atoms with Gasteiger partial charge >= 0.3 is 6.09 Å². The van der Waals surface area contributed by atoms with Crippen molar-refractivity contribution in [3.63, 3.8) is 0 Å². The van der Waals surface area contributed by atoms with E-state index in [9.17, 15) is 13.2 Å². The van der Waals surface area contributed by atoms with Gasteiger partial charge in [-0.2, -0.15) is 0 Å². The number of nitrogens with zero attached hydrogens (tertiary/aromatic N) is 1. The van der Waals surface area contributed by atoms with E-state index in [1.54, 1.807) is 12.1 Å². The number of nitrogen functional groups attached to an aromatic ring is 1. The zero-order chi connectivity index (χ0) is 22.4. The van der Waals surface area contributed by atoms with Crippen LogP contribution in [0.3, 0.4) is 0 Å². The lowest BCUT2D eigenvalue weighted by molar-refractivity contribution is 0.0527. The molecule has 0 spiro atoms. The van der Waals surface area contributed by atoms with Gasteiger partial charge in [0.25, 0.3) is 0 Å². The molecule has 2 rings (SSSR count). The first-order valence-corrected chi connectivity index (χ1v) is 11.7. The van der Waals surface area contributed by atoms with Crippen LogP contribution in [0.25, 0.3) is 0 Å². The molecule has 164 valence electrons. The van der Waals surface area contributed by atoms with Gasteiger partial charge in [-0.25, -0.2) is 18.2 Å². The van der Waals surface area contributed by atoms with Crippen LogP contribution in [0.15, 0.2) is 50.8 Å². The fourth-order valence-corrected chi connectivity index (χ4v) is 4.36. The van der Waals surface area contributed by atoms with Gasteiger partial charge in [-0.1, -0.05) is 0 Å². The van der Waals surface area contributed by atoms with E-state index in [2.05, 4.69) is 31.5 Å². The molecule has 0 saturated carbocycles. The molecule has 1 amide bonds. The van der Waals surface area contributed by atoms with Crippen LogP contribution in [0.1, 0.15) is 33.6 Å². The second-order valence-corrected chi connectivity index (χ2v) is 10.4. The normalized spacial score (nSPS) is 11.7. The van der Waals surface area contributed by atoms with Crippen LogP contribution in [0.2, 0.25) is 0 Å². The Hall–Kier alpha value is -2.33. The third kappa shape index (κ3) is 7.49. The molecule has 0 radical (unpaired) electrons. The second kappa shape index (κ2) is 10.1. The zero-order valence-electron chi connectivity index (χ0n) is 17.2. The predicted octanol–water partition coefficient (Wildman–Crippen LogP) is 3.98. The summed E-state index contributed by atoms with van der Waals surface area (Å²) in [5.74, 6) is 0.443. The minimum atomic E-state index is -3.69. The quantitative estimate of drug-likeness (QED) is 0.285. The Morgan fingerprint density at radius 3 is 2.37 bits per heavy atom. The lowest BCUT2D eigenvalue weighted by Crippen LogP contribution is -2.33. The van der Waals surface area contributed by atoms with Gasteiger partial charge in [0, 0.05) is 18.8 Å². The molecule has 0 saturated heterocycles. The number of rotatable bonds is 8. The lowest BCUT2D eigenvalue weighted by atomic mass is 10.2. The number of nitrogens with one attached hydrogen (secondary N) is 2. The summed E-state index contributed by atoms with van der Waals surface area (Å²) in [4.78, 5) is 16.2. The van der Waals surface area contributed by atoms with E-state index in [1.807, 2.05) is 20.8 Å². The van der Waals surface area contributed by atoms with Crippen LogP contribution in [-0.2, 0) is 14.6 Å². The number of carbonyl (C=O) groups excluding carboxylic acids is 1. The van der Waals surface area contributed by atoms with Crippen LogP contribution < -0.4 is 16.4 Å². The Bertz CT molecular complexity index is 973. The summed E-state index contributed by atoms with van der Waals surface area (Å²) < 4.78 is 31.3. The van der Waals surface area contributed by atoms with Crippen LogP contribution in [0.4, 0.5) is 16.3 Å². The Morgan fingerprint density at radius 1 is 1.10 bits per heavy atom. The number of aromatic nitrogens is 1. The zero-order valence-corrected chi connectivity index (χ0v) is 19.6. The third-order valence-corrected chi connectivity index (χ3v) is 6.00. The Balaban J connectivity index is 1.90. The number of hydrogen-bond donors (Lipinski definition) is 3. The summed E-state index contributed by atoms with van der Waals surface area (Å²) in [5, 5.41) is 5.81. The summed E-state index contributed by atoms with van der Waals surface area (Å²) in [6.45, 7) is 6.48. The van der Waals surface area contributed by atoms with E-state index in [-0.39, 0.29) is 9.79 Å². The van der Waals surface area contributed by atoms with Crippen LogP contribution in [0, 0.1) is 0 Å². The van der Waals surface area contributed by atoms with E-state index in [0.717, 1.165) is 12.8 Å². The summed E-state index contributed by atoms with van der Waals surface area (Å²) in [5.41, 5.74) is 5.61. The van der Waals surface area contributed by atoms with Crippen molar-refractivity contribution in [3.8, 4) is 0 Å². The third-order valence-electron chi connectivity index (χ3n) is 3.85. The molecule has 10 heteroatoms. The molecule has 0 aliphatic rings. The van der Waals surface area contributed by atoms with Crippen molar-refractivity contribution in [1.29, 1.82) is 0 Å². The summed E-state index contributed by atoms with van der Waals surface area (Å²) >= 11 is 3.27. The van der Waals surface area contributed by atoms with E-state index < -0.39 is 21.5 Å². The van der Waals surface area contributed by atoms with Gasteiger partial charge in [0.05, 0.1) is 9.79 Å². The van der Waals surface area contributed by atoms with Crippen molar-refractivity contribution in [3.05, 3.63) is 41.0 Å². The van der Waals surface area contributed by atoms with Gasteiger partial charge in [-0.3, -0.25) is 0 Å². The molecule has 2 aromatic rings. The van der Waals surface area contributed by atoms with Gasteiger partial charge in [0.1, 0.15) is 16.0 Å². The predicted molar refractivity (Wildman–Crippen MR) is 120 cm³/mol. The summed E-state index contributed by atoms with van der Waals surface area (Å²) in [7, 11) is -3.69. The maximum absolute atomic E-state index is 12.9. The molecular formula is C20H27BrN4O4S. The number of sulfone groups is 1.